The smallest absolute Gasteiger partial charge is 0.257 e. The zero-order valence-corrected chi connectivity index (χ0v) is 11.4. The van der Waals surface area contributed by atoms with Crippen LogP contribution < -0.4 is 11.1 Å². The molecule has 0 saturated carbocycles. The molecule has 20 heavy (non-hydrogen) atoms. The Bertz CT molecular complexity index is 465. The van der Waals surface area contributed by atoms with Gasteiger partial charge in [-0.05, 0) is 49.4 Å². The zero-order chi connectivity index (χ0) is 14.4. The normalized spacial score (nSPS) is 15.8. The van der Waals surface area contributed by atoms with Crippen LogP contribution in [0.5, 0.6) is 0 Å². The van der Waals surface area contributed by atoms with Crippen molar-refractivity contribution in [2.75, 3.05) is 18.9 Å². The first-order valence-corrected chi connectivity index (χ1v) is 6.92. The number of amides is 2. The zero-order valence-electron chi connectivity index (χ0n) is 11.4. The molecule has 1 aliphatic rings. The molecule has 0 unspecified atom stereocenters. The van der Waals surface area contributed by atoms with Crippen LogP contribution in [0.25, 0.3) is 0 Å². The molecule has 0 atom stereocenters. The summed E-state index contributed by atoms with van der Waals surface area (Å²) in [6.45, 7) is 1.55. The molecular formula is C15H20N2O3. The minimum Gasteiger partial charge on any atom is -0.399 e. The summed E-state index contributed by atoms with van der Waals surface area (Å²) < 4.78 is 5.27. The summed E-state index contributed by atoms with van der Waals surface area (Å²) in [5, 5.41) is 2.41. The SMILES string of the molecule is Nc1ccc(C(=O)NC(=O)CCC2CCOCC2)cc1. The summed E-state index contributed by atoms with van der Waals surface area (Å²) in [6.07, 6.45) is 3.19. The molecule has 2 amide bonds. The van der Waals surface area contributed by atoms with E-state index in [0.717, 1.165) is 32.5 Å². The fourth-order valence-electron chi connectivity index (χ4n) is 2.27. The second-order valence-electron chi connectivity index (χ2n) is 5.09. The van der Waals surface area contributed by atoms with Gasteiger partial charge in [0.2, 0.25) is 5.91 Å². The van der Waals surface area contributed by atoms with E-state index in [0.29, 0.717) is 23.6 Å². The molecule has 1 aromatic rings. The van der Waals surface area contributed by atoms with E-state index in [1.807, 2.05) is 0 Å². The molecule has 1 saturated heterocycles. The maximum Gasteiger partial charge on any atom is 0.257 e. The van der Waals surface area contributed by atoms with Gasteiger partial charge in [-0.2, -0.15) is 0 Å². The Morgan fingerprint density at radius 2 is 1.85 bits per heavy atom. The van der Waals surface area contributed by atoms with E-state index < -0.39 is 0 Å². The van der Waals surface area contributed by atoms with Crippen LogP contribution in [0, 0.1) is 5.92 Å². The minimum absolute atomic E-state index is 0.224. The summed E-state index contributed by atoms with van der Waals surface area (Å²) in [4.78, 5) is 23.6. The lowest BCUT2D eigenvalue weighted by Gasteiger charge is -2.21. The molecule has 1 aromatic carbocycles. The number of ether oxygens (including phenoxy) is 1. The van der Waals surface area contributed by atoms with Crippen molar-refractivity contribution in [1.82, 2.24) is 5.32 Å². The van der Waals surface area contributed by atoms with Crippen molar-refractivity contribution in [2.45, 2.75) is 25.7 Å². The molecule has 0 spiro atoms. The van der Waals surface area contributed by atoms with Crippen molar-refractivity contribution in [3.8, 4) is 0 Å². The first kappa shape index (κ1) is 14.5. The predicted molar refractivity (Wildman–Crippen MR) is 76.1 cm³/mol. The average molecular weight is 276 g/mol. The van der Waals surface area contributed by atoms with Gasteiger partial charge in [0.15, 0.2) is 0 Å². The summed E-state index contributed by atoms with van der Waals surface area (Å²) in [5.74, 6) is -0.0681. The third kappa shape index (κ3) is 4.35. The second-order valence-corrected chi connectivity index (χ2v) is 5.09. The molecule has 1 heterocycles. The highest BCUT2D eigenvalue weighted by atomic mass is 16.5. The first-order chi connectivity index (χ1) is 9.65. The van der Waals surface area contributed by atoms with Gasteiger partial charge in [0.1, 0.15) is 0 Å². The Balaban J connectivity index is 1.76. The van der Waals surface area contributed by atoms with Crippen LogP contribution in [0.4, 0.5) is 5.69 Å². The van der Waals surface area contributed by atoms with Crippen molar-refractivity contribution in [2.24, 2.45) is 5.92 Å². The first-order valence-electron chi connectivity index (χ1n) is 6.92. The lowest BCUT2D eigenvalue weighted by atomic mass is 9.95. The highest BCUT2D eigenvalue weighted by Gasteiger charge is 2.16. The monoisotopic (exact) mass is 276 g/mol. The van der Waals surface area contributed by atoms with Crippen LogP contribution >= 0.6 is 0 Å². The van der Waals surface area contributed by atoms with Gasteiger partial charge in [0.25, 0.3) is 5.91 Å². The Kier molecular flexibility index (Phi) is 5.12. The number of hydrogen-bond donors (Lipinski definition) is 2. The second kappa shape index (κ2) is 7.05. The van der Waals surface area contributed by atoms with Gasteiger partial charge < -0.3 is 10.5 Å². The number of nitrogen functional groups attached to an aromatic ring is 1. The van der Waals surface area contributed by atoms with Gasteiger partial charge in [-0.3, -0.25) is 14.9 Å². The van der Waals surface area contributed by atoms with Gasteiger partial charge in [0, 0.05) is 30.9 Å². The molecule has 1 fully saturated rings. The van der Waals surface area contributed by atoms with E-state index in [-0.39, 0.29) is 11.8 Å². The minimum atomic E-state index is -0.373. The third-order valence-electron chi connectivity index (χ3n) is 3.55. The van der Waals surface area contributed by atoms with Gasteiger partial charge in [-0.1, -0.05) is 0 Å². The Morgan fingerprint density at radius 3 is 2.50 bits per heavy atom. The molecule has 5 nitrogen and oxygen atoms in total. The van der Waals surface area contributed by atoms with Crippen LogP contribution in [0.15, 0.2) is 24.3 Å². The van der Waals surface area contributed by atoms with Crippen LogP contribution in [0.2, 0.25) is 0 Å². The summed E-state index contributed by atoms with van der Waals surface area (Å²) in [5.41, 5.74) is 6.58. The molecular weight excluding hydrogens is 256 g/mol. The largest absolute Gasteiger partial charge is 0.399 e. The lowest BCUT2D eigenvalue weighted by molar-refractivity contribution is -0.120. The van der Waals surface area contributed by atoms with Crippen molar-refractivity contribution in [3.63, 3.8) is 0 Å². The summed E-state index contributed by atoms with van der Waals surface area (Å²) in [6, 6.07) is 6.50. The number of carbonyl (C=O) groups excluding carboxylic acids is 2. The number of anilines is 1. The van der Waals surface area contributed by atoms with Gasteiger partial charge >= 0.3 is 0 Å². The quantitative estimate of drug-likeness (QED) is 0.821. The number of hydrogen-bond acceptors (Lipinski definition) is 4. The molecule has 5 heteroatoms. The molecule has 2 rings (SSSR count). The number of nitrogens with one attached hydrogen (secondary N) is 1. The lowest BCUT2D eigenvalue weighted by Crippen LogP contribution is -2.31. The highest BCUT2D eigenvalue weighted by Crippen LogP contribution is 2.19. The fourth-order valence-corrected chi connectivity index (χ4v) is 2.27. The average Bonchev–Trinajstić information content (AvgIpc) is 2.47. The van der Waals surface area contributed by atoms with E-state index in [1.54, 1.807) is 24.3 Å². The Morgan fingerprint density at radius 1 is 1.20 bits per heavy atom. The van der Waals surface area contributed by atoms with Crippen molar-refractivity contribution >= 4 is 17.5 Å². The predicted octanol–water partition coefficient (Wildman–Crippen LogP) is 1.73. The fraction of sp³-hybridized carbons (Fsp3) is 0.467. The summed E-state index contributed by atoms with van der Waals surface area (Å²) in [7, 11) is 0. The Labute approximate surface area is 118 Å². The van der Waals surface area contributed by atoms with E-state index in [9.17, 15) is 9.59 Å². The molecule has 0 bridgehead atoms. The maximum atomic E-state index is 11.8. The van der Waals surface area contributed by atoms with E-state index in [4.69, 9.17) is 10.5 Å². The molecule has 1 aliphatic heterocycles. The number of benzene rings is 1. The third-order valence-corrected chi connectivity index (χ3v) is 3.55. The topological polar surface area (TPSA) is 81.4 Å². The highest BCUT2D eigenvalue weighted by molar-refractivity contribution is 6.04. The number of carbonyl (C=O) groups is 2. The molecule has 3 N–H and O–H groups in total. The van der Waals surface area contributed by atoms with E-state index in [2.05, 4.69) is 5.32 Å². The standard InChI is InChI=1S/C15H20N2O3/c16-13-4-2-12(3-5-13)15(19)17-14(18)6-1-11-7-9-20-10-8-11/h2-5,11H,1,6-10,16H2,(H,17,18,19). The molecule has 108 valence electrons. The number of nitrogens with two attached hydrogens (primary N) is 1. The summed E-state index contributed by atoms with van der Waals surface area (Å²) >= 11 is 0. The van der Waals surface area contributed by atoms with Crippen molar-refractivity contribution in [1.29, 1.82) is 0 Å². The Hall–Kier alpha value is -1.88. The van der Waals surface area contributed by atoms with Gasteiger partial charge in [-0.25, -0.2) is 0 Å². The maximum absolute atomic E-state index is 11.8. The molecule has 0 aliphatic carbocycles. The van der Waals surface area contributed by atoms with Crippen LogP contribution in [-0.4, -0.2) is 25.0 Å². The number of rotatable bonds is 4. The van der Waals surface area contributed by atoms with Gasteiger partial charge in [-0.15, -0.1) is 0 Å². The van der Waals surface area contributed by atoms with Crippen molar-refractivity contribution < 1.29 is 14.3 Å². The molecule has 0 aromatic heterocycles. The van der Waals surface area contributed by atoms with Crippen LogP contribution in [0.3, 0.4) is 0 Å². The van der Waals surface area contributed by atoms with Gasteiger partial charge in [0.05, 0.1) is 0 Å². The van der Waals surface area contributed by atoms with Crippen LogP contribution in [0.1, 0.15) is 36.0 Å². The van der Waals surface area contributed by atoms with E-state index in [1.165, 1.54) is 0 Å². The number of imide groups is 1. The molecule has 0 radical (unpaired) electrons. The van der Waals surface area contributed by atoms with Crippen LogP contribution in [-0.2, 0) is 9.53 Å². The van der Waals surface area contributed by atoms with E-state index >= 15 is 0 Å². The van der Waals surface area contributed by atoms with Crippen molar-refractivity contribution in [3.05, 3.63) is 29.8 Å².